The standard InChI is InChI=1S/C19H23NO/c21-18-11-13-20(14-12-18)15-19(16-7-3-1-4-8-16)17-9-5-2-6-10-17/h1-10,18-19,21H,11-15H2. The third-order valence-electron chi connectivity index (χ3n) is 4.40. The molecule has 1 saturated heterocycles. The molecule has 0 saturated carbocycles. The zero-order valence-corrected chi connectivity index (χ0v) is 12.4. The molecule has 2 heteroatoms. The molecule has 2 aromatic carbocycles. The summed E-state index contributed by atoms with van der Waals surface area (Å²) < 4.78 is 0. The molecule has 1 N–H and O–H groups in total. The van der Waals surface area contributed by atoms with Crippen LogP contribution in [0.2, 0.25) is 0 Å². The van der Waals surface area contributed by atoms with E-state index in [2.05, 4.69) is 65.6 Å². The van der Waals surface area contributed by atoms with E-state index in [0.29, 0.717) is 5.92 Å². The molecular formula is C19H23NO. The number of hydrogen-bond acceptors (Lipinski definition) is 2. The van der Waals surface area contributed by atoms with Gasteiger partial charge in [0.25, 0.3) is 0 Å². The second-order valence-electron chi connectivity index (χ2n) is 5.91. The summed E-state index contributed by atoms with van der Waals surface area (Å²) >= 11 is 0. The topological polar surface area (TPSA) is 23.5 Å². The van der Waals surface area contributed by atoms with Crippen LogP contribution in [0.4, 0.5) is 0 Å². The number of nitrogens with zero attached hydrogens (tertiary/aromatic N) is 1. The highest BCUT2D eigenvalue weighted by molar-refractivity contribution is 5.32. The Morgan fingerprint density at radius 3 is 1.81 bits per heavy atom. The van der Waals surface area contributed by atoms with Gasteiger partial charge in [-0.2, -0.15) is 0 Å². The monoisotopic (exact) mass is 281 g/mol. The quantitative estimate of drug-likeness (QED) is 0.929. The van der Waals surface area contributed by atoms with Crippen molar-refractivity contribution in [1.29, 1.82) is 0 Å². The van der Waals surface area contributed by atoms with E-state index in [1.54, 1.807) is 0 Å². The molecule has 0 radical (unpaired) electrons. The number of piperidine rings is 1. The Hall–Kier alpha value is -1.64. The summed E-state index contributed by atoms with van der Waals surface area (Å²) in [4.78, 5) is 2.48. The molecule has 0 aromatic heterocycles. The lowest BCUT2D eigenvalue weighted by Gasteiger charge is -2.33. The van der Waals surface area contributed by atoms with E-state index in [4.69, 9.17) is 0 Å². The molecule has 1 fully saturated rings. The van der Waals surface area contributed by atoms with Crippen LogP contribution in [0.3, 0.4) is 0 Å². The molecule has 0 bridgehead atoms. The van der Waals surface area contributed by atoms with E-state index in [-0.39, 0.29) is 6.10 Å². The first kappa shape index (κ1) is 14.3. The number of aliphatic hydroxyl groups excluding tert-OH is 1. The van der Waals surface area contributed by atoms with E-state index >= 15 is 0 Å². The molecule has 2 aromatic rings. The van der Waals surface area contributed by atoms with Gasteiger partial charge < -0.3 is 10.0 Å². The Labute approximate surface area is 127 Å². The van der Waals surface area contributed by atoms with Gasteiger partial charge in [-0.05, 0) is 24.0 Å². The van der Waals surface area contributed by atoms with Crippen LogP contribution in [-0.2, 0) is 0 Å². The fraction of sp³-hybridized carbons (Fsp3) is 0.368. The lowest BCUT2D eigenvalue weighted by Crippen LogP contribution is -2.38. The molecule has 2 nitrogen and oxygen atoms in total. The van der Waals surface area contributed by atoms with Crippen molar-refractivity contribution in [1.82, 2.24) is 4.90 Å². The minimum Gasteiger partial charge on any atom is -0.393 e. The van der Waals surface area contributed by atoms with Gasteiger partial charge in [0.1, 0.15) is 0 Å². The van der Waals surface area contributed by atoms with Crippen molar-refractivity contribution in [2.75, 3.05) is 19.6 Å². The Morgan fingerprint density at radius 1 is 0.857 bits per heavy atom. The van der Waals surface area contributed by atoms with Crippen LogP contribution in [0.15, 0.2) is 60.7 Å². The predicted molar refractivity (Wildman–Crippen MR) is 86.4 cm³/mol. The van der Waals surface area contributed by atoms with E-state index in [9.17, 15) is 5.11 Å². The van der Waals surface area contributed by atoms with Crippen LogP contribution in [-0.4, -0.2) is 35.7 Å². The molecule has 0 aliphatic carbocycles. The van der Waals surface area contributed by atoms with Gasteiger partial charge in [0.05, 0.1) is 6.10 Å². The Balaban J connectivity index is 1.80. The Kier molecular flexibility index (Phi) is 4.69. The average Bonchev–Trinajstić information content (AvgIpc) is 2.56. The molecule has 1 aliphatic heterocycles. The third kappa shape index (κ3) is 3.72. The molecule has 0 spiro atoms. The maximum atomic E-state index is 9.67. The summed E-state index contributed by atoms with van der Waals surface area (Å²) in [6.07, 6.45) is 1.69. The van der Waals surface area contributed by atoms with Crippen LogP contribution in [0, 0.1) is 0 Å². The first-order valence-electron chi connectivity index (χ1n) is 7.83. The first-order chi connectivity index (χ1) is 10.3. The van der Waals surface area contributed by atoms with Crippen molar-refractivity contribution < 1.29 is 5.11 Å². The zero-order valence-electron chi connectivity index (χ0n) is 12.4. The van der Waals surface area contributed by atoms with Crippen LogP contribution >= 0.6 is 0 Å². The lowest BCUT2D eigenvalue weighted by molar-refractivity contribution is 0.0811. The minimum atomic E-state index is -0.104. The van der Waals surface area contributed by atoms with E-state index < -0.39 is 0 Å². The minimum absolute atomic E-state index is 0.104. The van der Waals surface area contributed by atoms with Gasteiger partial charge in [-0.25, -0.2) is 0 Å². The molecular weight excluding hydrogens is 258 g/mol. The third-order valence-corrected chi connectivity index (χ3v) is 4.40. The Bertz CT molecular complexity index is 493. The van der Waals surface area contributed by atoms with E-state index in [1.807, 2.05) is 0 Å². The number of benzene rings is 2. The van der Waals surface area contributed by atoms with E-state index in [1.165, 1.54) is 11.1 Å². The fourth-order valence-corrected chi connectivity index (χ4v) is 3.13. The molecule has 1 heterocycles. The maximum Gasteiger partial charge on any atom is 0.0564 e. The molecule has 110 valence electrons. The first-order valence-corrected chi connectivity index (χ1v) is 7.83. The molecule has 3 rings (SSSR count). The highest BCUT2D eigenvalue weighted by Gasteiger charge is 2.22. The van der Waals surface area contributed by atoms with Crippen molar-refractivity contribution >= 4 is 0 Å². The maximum absolute atomic E-state index is 9.67. The summed E-state index contributed by atoms with van der Waals surface area (Å²) in [6.45, 7) is 3.02. The van der Waals surface area contributed by atoms with Gasteiger partial charge in [0, 0.05) is 25.6 Å². The smallest absolute Gasteiger partial charge is 0.0564 e. The number of rotatable bonds is 4. The van der Waals surface area contributed by atoms with Crippen molar-refractivity contribution in [3.8, 4) is 0 Å². The SMILES string of the molecule is OC1CCN(CC(c2ccccc2)c2ccccc2)CC1. The van der Waals surface area contributed by atoms with Gasteiger partial charge in [-0.3, -0.25) is 0 Å². The molecule has 21 heavy (non-hydrogen) atoms. The van der Waals surface area contributed by atoms with Crippen LogP contribution in [0.5, 0.6) is 0 Å². The lowest BCUT2D eigenvalue weighted by atomic mass is 9.90. The predicted octanol–water partition coefficient (Wildman–Crippen LogP) is 3.28. The van der Waals surface area contributed by atoms with Gasteiger partial charge in [0.2, 0.25) is 0 Å². The second-order valence-corrected chi connectivity index (χ2v) is 5.91. The van der Waals surface area contributed by atoms with Gasteiger partial charge in [-0.1, -0.05) is 60.7 Å². The number of hydrogen-bond donors (Lipinski definition) is 1. The number of likely N-dealkylation sites (tertiary alicyclic amines) is 1. The summed E-state index contributed by atoms with van der Waals surface area (Å²) in [5, 5.41) is 9.67. The normalized spacial score (nSPS) is 17.2. The Morgan fingerprint density at radius 2 is 1.33 bits per heavy atom. The summed E-state index contributed by atoms with van der Waals surface area (Å²) in [5.41, 5.74) is 2.74. The van der Waals surface area contributed by atoms with Crippen LogP contribution in [0.1, 0.15) is 29.9 Å². The summed E-state index contributed by atoms with van der Waals surface area (Å²) in [7, 11) is 0. The van der Waals surface area contributed by atoms with Crippen molar-refractivity contribution in [3.05, 3.63) is 71.8 Å². The van der Waals surface area contributed by atoms with E-state index in [0.717, 1.165) is 32.5 Å². The van der Waals surface area contributed by atoms with Crippen LogP contribution < -0.4 is 0 Å². The zero-order chi connectivity index (χ0) is 14.5. The van der Waals surface area contributed by atoms with Gasteiger partial charge >= 0.3 is 0 Å². The van der Waals surface area contributed by atoms with Gasteiger partial charge in [-0.15, -0.1) is 0 Å². The van der Waals surface area contributed by atoms with Gasteiger partial charge in [0.15, 0.2) is 0 Å². The molecule has 0 atom stereocenters. The van der Waals surface area contributed by atoms with Crippen LogP contribution in [0.25, 0.3) is 0 Å². The second kappa shape index (κ2) is 6.88. The average molecular weight is 281 g/mol. The van der Waals surface area contributed by atoms with Crippen molar-refractivity contribution in [2.24, 2.45) is 0 Å². The highest BCUT2D eigenvalue weighted by Crippen LogP contribution is 2.26. The fourth-order valence-electron chi connectivity index (χ4n) is 3.13. The molecule has 1 aliphatic rings. The largest absolute Gasteiger partial charge is 0.393 e. The van der Waals surface area contributed by atoms with Crippen molar-refractivity contribution in [3.63, 3.8) is 0 Å². The highest BCUT2D eigenvalue weighted by atomic mass is 16.3. The number of aliphatic hydroxyl groups is 1. The summed E-state index contributed by atoms with van der Waals surface area (Å²) in [5.74, 6) is 0.405. The van der Waals surface area contributed by atoms with Crippen molar-refractivity contribution in [2.45, 2.75) is 24.9 Å². The molecule has 0 unspecified atom stereocenters. The molecule has 0 amide bonds. The summed E-state index contributed by atoms with van der Waals surface area (Å²) in [6, 6.07) is 21.5.